The van der Waals surface area contributed by atoms with E-state index < -0.39 is 0 Å². The third kappa shape index (κ3) is 9.35. The van der Waals surface area contributed by atoms with E-state index in [1.54, 1.807) is 0 Å². The molecule has 0 N–H and O–H groups in total. The highest BCUT2D eigenvalue weighted by Gasteiger charge is 2.06. The van der Waals surface area contributed by atoms with E-state index in [9.17, 15) is 0 Å². The minimum absolute atomic E-state index is 0.458. The van der Waals surface area contributed by atoms with Crippen LogP contribution in [-0.2, 0) is 0 Å². The summed E-state index contributed by atoms with van der Waals surface area (Å²) in [5.74, 6) is 1.25. The lowest BCUT2D eigenvalue weighted by Crippen LogP contribution is -1.91. The van der Waals surface area contributed by atoms with E-state index in [0.717, 1.165) is 0 Å². The molecule has 0 aliphatic rings. The van der Waals surface area contributed by atoms with Crippen LogP contribution in [0.15, 0.2) is 43.0 Å². The molecule has 0 aliphatic carbocycles. The van der Waals surface area contributed by atoms with Crippen molar-refractivity contribution < 1.29 is 0 Å². The fourth-order valence-corrected chi connectivity index (χ4v) is 3.85. The van der Waals surface area contributed by atoms with Crippen LogP contribution in [-0.4, -0.2) is 5.75 Å². The van der Waals surface area contributed by atoms with Gasteiger partial charge in [0.1, 0.15) is 0 Å². The molecule has 1 unspecified atom stereocenters. The molecule has 0 aromatic heterocycles. The summed E-state index contributed by atoms with van der Waals surface area (Å²) in [6.07, 6.45) is 16.2. The van der Waals surface area contributed by atoms with Gasteiger partial charge in [0.05, 0.1) is 0 Å². The zero-order chi connectivity index (χ0) is 15.9. The van der Waals surface area contributed by atoms with E-state index >= 15 is 0 Å². The molecule has 0 amide bonds. The molecule has 0 bridgehead atoms. The van der Waals surface area contributed by atoms with Crippen LogP contribution in [0.1, 0.15) is 81.9 Å². The molecule has 0 fully saturated rings. The van der Waals surface area contributed by atoms with Crippen LogP contribution >= 0.6 is 11.8 Å². The van der Waals surface area contributed by atoms with Crippen LogP contribution in [0, 0.1) is 0 Å². The van der Waals surface area contributed by atoms with E-state index in [1.165, 1.54) is 75.5 Å². The van der Waals surface area contributed by atoms with Gasteiger partial charge in [0.15, 0.2) is 0 Å². The van der Waals surface area contributed by atoms with Gasteiger partial charge in [0, 0.05) is 5.25 Å². The zero-order valence-electron chi connectivity index (χ0n) is 14.4. The molecule has 0 spiro atoms. The summed E-state index contributed by atoms with van der Waals surface area (Å²) < 4.78 is 0. The summed E-state index contributed by atoms with van der Waals surface area (Å²) >= 11 is 2.03. The molecular weight excluding hydrogens is 284 g/mol. The number of thioether (sulfide) groups is 1. The fraction of sp³-hybridized carbons (Fsp3) is 0.619. The molecule has 0 radical (unpaired) electrons. The van der Waals surface area contributed by atoms with Crippen molar-refractivity contribution in [2.45, 2.75) is 76.4 Å². The van der Waals surface area contributed by atoms with Crippen molar-refractivity contribution in [1.29, 1.82) is 0 Å². The van der Waals surface area contributed by atoms with E-state index in [-0.39, 0.29) is 0 Å². The van der Waals surface area contributed by atoms with Gasteiger partial charge in [0.25, 0.3) is 0 Å². The van der Waals surface area contributed by atoms with Crippen LogP contribution in [0.5, 0.6) is 0 Å². The van der Waals surface area contributed by atoms with Crippen molar-refractivity contribution in [3.63, 3.8) is 0 Å². The molecule has 124 valence electrons. The van der Waals surface area contributed by atoms with Crippen molar-refractivity contribution >= 4 is 11.8 Å². The molecule has 0 aliphatic heterocycles. The topological polar surface area (TPSA) is 0 Å². The molecule has 1 aromatic carbocycles. The van der Waals surface area contributed by atoms with Gasteiger partial charge in [-0.15, -0.1) is 18.3 Å². The second kappa shape index (κ2) is 13.9. The van der Waals surface area contributed by atoms with Gasteiger partial charge in [-0.3, -0.25) is 0 Å². The Labute approximate surface area is 142 Å². The first-order valence-corrected chi connectivity index (χ1v) is 10.2. The minimum atomic E-state index is 0.458. The Morgan fingerprint density at radius 1 is 0.864 bits per heavy atom. The number of rotatable bonds is 14. The van der Waals surface area contributed by atoms with Gasteiger partial charge >= 0.3 is 0 Å². The van der Waals surface area contributed by atoms with Crippen molar-refractivity contribution in [1.82, 2.24) is 0 Å². The normalized spacial score (nSPS) is 12.2. The van der Waals surface area contributed by atoms with Crippen LogP contribution in [0.2, 0.25) is 0 Å². The maximum absolute atomic E-state index is 3.99. The van der Waals surface area contributed by atoms with Gasteiger partial charge < -0.3 is 0 Å². The number of unbranched alkanes of at least 4 members (excludes halogenated alkanes) is 9. The second-order valence-corrected chi connectivity index (χ2v) is 7.37. The molecule has 1 atom stereocenters. The Bertz CT molecular complexity index is 357. The average molecular weight is 319 g/mol. The van der Waals surface area contributed by atoms with E-state index in [4.69, 9.17) is 0 Å². The highest BCUT2D eigenvalue weighted by atomic mass is 32.2. The molecule has 1 heteroatoms. The maximum atomic E-state index is 3.99. The first-order valence-electron chi connectivity index (χ1n) is 9.17. The smallest absolute Gasteiger partial charge is 0.0474 e. The number of hydrogen-bond acceptors (Lipinski definition) is 1. The quantitative estimate of drug-likeness (QED) is 0.252. The van der Waals surface area contributed by atoms with Gasteiger partial charge in [-0.1, -0.05) is 101 Å². The summed E-state index contributed by atoms with van der Waals surface area (Å²) in [5.41, 5.74) is 1.38. The van der Waals surface area contributed by atoms with Crippen molar-refractivity contribution in [2.75, 3.05) is 5.75 Å². The first-order chi connectivity index (χ1) is 10.9. The average Bonchev–Trinajstić information content (AvgIpc) is 2.57. The SMILES string of the molecule is C=CC(SCCCCCCCCCCCC)c1ccccc1. The van der Waals surface area contributed by atoms with E-state index in [2.05, 4.69) is 49.9 Å². The number of hydrogen-bond donors (Lipinski definition) is 0. The largest absolute Gasteiger partial charge is 0.150 e. The van der Waals surface area contributed by atoms with E-state index in [0.29, 0.717) is 5.25 Å². The third-order valence-corrected chi connectivity index (χ3v) is 5.49. The molecule has 0 saturated heterocycles. The Hall–Kier alpha value is -0.690. The molecule has 0 nitrogen and oxygen atoms in total. The second-order valence-electron chi connectivity index (χ2n) is 6.12. The Morgan fingerprint density at radius 3 is 1.95 bits per heavy atom. The monoisotopic (exact) mass is 318 g/mol. The predicted octanol–water partition coefficient (Wildman–Crippen LogP) is 7.57. The Morgan fingerprint density at radius 2 is 1.41 bits per heavy atom. The van der Waals surface area contributed by atoms with Crippen LogP contribution in [0.3, 0.4) is 0 Å². The summed E-state index contributed by atoms with van der Waals surface area (Å²) in [7, 11) is 0. The minimum Gasteiger partial charge on any atom is -0.150 e. The predicted molar refractivity (Wildman–Crippen MR) is 104 cm³/mol. The van der Waals surface area contributed by atoms with Gasteiger partial charge in [-0.25, -0.2) is 0 Å². The van der Waals surface area contributed by atoms with Gasteiger partial charge in [-0.2, -0.15) is 0 Å². The lowest BCUT2D eigenvalue weighted by molar-refractivity contribution is 0.563. The molecule has 22 heavy (non-hydrogen) atoms. The van der Waals surface area contributed by atoms with Crippen molar-refractivity contribution in [2.24, 2.45) is 0 Å². The molecule has 1 aromatic rings. The maximum Gasteiger partial charge on any atom is 0.0474 e. The fourth-order valence-electron chi connectivity index (χ4n) is 2.74. The standard InChI is InChI=1S/C21H34S/c1-3-5-6-7-8-9-10-11-12-16-19-22-21(4-2)20-17-14-13-15-18-20/h4,13-15,17-18,21H,2-3,5-12,16,19H2,1H3. The molecule has 1 rings (SSSR count). The van der Waals surface area contributed by atoms with Crippen molar-refractivity contribution in [3.8, 4) is 0 Å². The summed E-state index contributed by atoms with van der Waals surface area (Å²) in [6, 6.07) is 10.7. The van der Waals surface area contributed by atoms with Crippen LogP contribution < -0.4 is 0 Å². The molecule has 0 heterocycles. The van der Waals surface area contributed by atoms with Crippen LogP contribution in [0.25, 0.3) is 0 Å². The zero-order valence-corrected chi connectivity index (χ0v) is 15.3. The first kappa shape index (κ1) is 19.4. The number of benzene rings is 1. The van der Waals surface area contributed by atoms with Crippen LogP contribution in [0.4, 0.5) is 0 Å². The molecule has 0 saturated carbocycles. The summed E-state index contributed by atoms with van der Waals surface area (Å²) in [4.78, 5) is 0. The summed E-state index contributed by atoms with van der Waals surface area (Å²) in [6.45, 7) is 6.27. The third-order valence-electron chi connectivity index (χ3n) is 4.14. The highest BCUT2D eigenvalue weighted by Crippen LogP contribution is 2.30. The highest BCUT2D eigenvalue weighted by molar-refractivity contribution is 7.99. The van der Waals surface area contributed by atoms with Gasteiger partial charge in [-0.05, 0) is 17.7 Å². The lowest BCUT2D eigenvalue weighted by atomic mass is 10.1. The molecular formula is C21H34S. The van der Waals surface area contributed by atoms with E-state index in [1.807, 2.05) is 11.8 Å². The lowest BCUT2D eigenvalue weighted by Gasteiger charge is -2.12. The summed E-state index contributed by atoms with van der Waals surface area (Å²) in [5, 5.41) is 0.458. The van der Waals surface area contributed by atoms with Gasteiger partial charge in [0.2, 0.25) is 0 Å². The Kier molecular flexibility index (Phi) is 12.3. The van der Waals surface area contributed by atoms with Crippen molar-refractivity contribution in [3.05, 3.63) is 48.6 Å². The Balaban J connectivity index is 1.95.